The highest BCUT2D eigenvalue weighted by Crippen LogP contribution is 2.55. The number of ether oxygens (including phenoxy) is 6. The lowest BCUT2D eigenvalue weighted by molar-refractivity contribution is 0.233. The normalized spacial score (nSPS) is 11.5. The van der Waals surface area contributed by atoms with E-state index in [1.54, 1.807) is 0 Å². The lowest BCUT2D eigenvalue weighted by atomic mass is 10.2. The van der Waals surface area contributed by atoms with Crippen molar-refractivity contribution in [3.8, 4) is 46.0 Å². The third kappa shape index (κ3) is 18.5. The Labute approximate surface area is 359 Å². The van der Waals surface area contributed by atoms with Gasteiger partial charge in [-0.2, -0.15) is 0 Å². The quantitative estimate of drug-likeness (QED) is 0.0630. The van der Waals surface area contributed by atoms with Gasteiger partial charge in [-0.15, -0.1) is 0 Å². The molecule has 0 aliphatic heterocycles. The molecule has 2 aromatic rings. The molecule has 0 atom stereocenters. The summed E-state index contributed by atoms with van der Waals surface area (Å²) in [5.74, 6) is -0.871. The van der Waals surface area contributed by atoms with E-state index in [4.69, 9.17) is 28.4 Å². The van der Waals surface area contributed by atoms with Crippen molar-refractivity contribution in [3.63, 3.8) is 0 Å². The number of hydrogen-bond acceptors (Lipinski definition) is 10. The molecule has 0 saturated heterocycles. The predicted molar refractivity (Wildman–Crippen MR) is 239 cm³/mol. The van der Waals surface area contributed by atoms with Gasteiger partial charge < -0.3 is 38.6 Å². The Kier molecular flexibility index (Phi) is 27.8. The molecular formula is C48H82O10S. The van der Waals surface area contributed by atoms with E-state index < -0.39 is 9.84 Å². The Hall–Kier alpha value is -3.21. The van der Waals surface area contributed by atoms with Crippen molar-refractivity contribution in [1.82, 2.24) is 0 Å². The molecule has 0 aliphatic rings. The van der Waals surface area contributed by atoms with Gasteiger partial charge in [0.1, 0.15) is 11.5 Å². The second-order valence-electron chi connectivity index (χ2n) is 15.7. The van der Waals surface area contributed by atoms with Gasteiger partial charge in [0, 0.05) is 12.1 Å². The fourth-order valence-electron chi connectivity index (χ4n) is 6.77. The van der Waals surface area contributed by atoms with Crippen LogP contribution in [0.1, 0.15) is 196 Å². The summed E-state index contributed by atoms with van der Waals surface area (Å²) in [5.41, 5.74) is 0. The summed E-state index contributed by atoms with van der Waals surface area (Å²) in [4.78, 5) is -0.535. The molecule has 2 aromatic carbocycles. The van der Waals surface area contributed by atoms with Gasteiger partial charge in [0.25, 0.3) is 0 Å². The van der Waals surface area contributed by atoms with Gasteiger partial charge in [-0.25, -0.2) is 8.42 Å². The first-order chi connectivity index (χ1) is 28.7. The van der Waals surface area contributed by atoms with Crippen molar-refractivity contribution in [1.29, 1.82) is 0 Å². The highest BCUT2D eigenvalue weighted by molar-refractivity contribution is 7.92. The van der Waals surface area contributed by atoms with E-state index >= 15 is 8.42 Å². The SMILES string of the molecule is CCCCCCOc1cc(O)c(OCCCCCC)c(OCCCCCC)c1S(=O)(=O)c1c(OCCCCCC)cc(O)c(OCCCCCC)c1OCCCCCC. The minimum atomic E-state index is -4.69. The molecule has 0 aromatic heterocycles. The topological polar surface area (TPSA) is 130 Å². The van der Waals surface area contributed by atoms with Crippen LogP contribution in [0.4, 0.5) is 0 Å². The number of phenols is 2. The first-order valence-corrected chi connectivity index (χ1v) is 25.0. The molecule has 10 nitrogen and oxygen atoms in total. The summed E-state index contributed by atoms with van der Waals surface area (Å²) in [7, 11) is -4.69. The third-order valence-corrected chi connectivity index (χ3v) is 12.1. The van der Waals surface area contributed by atoms with Gasteiger partial charge in [-0.1, -0.05) is 157 Å². The Morgan fingerprint density at radius 2 is 0.593 bits per heavy atom. The average molecular weight is 851 g/mol. The maximum Gasteiger partial charge on any atom is 0.221 e. The summed E-state index contributed by atoms with van der Waals surface area (Å²) < 4.78 is 69.7. The van der Waals surface area contributed by atoms with E-state index in [1.165, 1.54) is 12.1 Å². The second kappa shape index (κ2) is 31.6. The zero-order valence-corrected chi connectivity index (χ0v) is 38.8. The molecular weight excluding hydrogens is 769 g/mol. The largest absolute Gasteiger partial charge is 0.504 e. The molecule has 0 fully saturated rings. The molecule has 0 aliphatic carbocycles. The molecule has 0 unspecified atom stereocenters. The smallest absolute Gasteiger partial charge is 0.221 e. The van der Waals surface area contributed by atoms with Gasteiger partial charge in [0.2, 0.25) is 21.3 Å². The predicted octanol–water partition coefficient (Wildman–Crippen LogP) is 13.7. The van der Waals surface area contributed by atoms with Gasteiger partial charge in [0.15, 0.2) is 32.8 Å². The third-order valence-electron chi connectivity index (χ3n) is 10.3. The van der Waals surface area contributed by atoms with Crippen LogP contribution >= 0.6 is 0 Å². The molecule has 0 spiro atoms. The second-order valence-corrected chi connectivity index (χ2v) is 17.5. The van der Waals surface area contributed by atoms with Gasteiger partial charge in [-0.3, -0.25) is 0 Å². The van der Waals surface area contributed by atoms with Crippen LogP contribution in [0, 0.1) is 0 Å². The first-order valence-electron chi connectivity index (χ1n) is 23.5. The fraction of sp³-hybridized carbons (Fsp3) is 0.750. The average Bonchev–Trinajstić information content (AvgIpc) is 3.21. The van der Waals surface area contributed by atoms with Crippen molar-refractivity contribution in [3.05, 3.63) is 12.1 Å². The monoisotopic (exact) mass is 851 g/mol. The maximum absolute atomic E-state index is 15.8. The van der Waals surface area contributed by atoms with Crippen LogP contribution in [0.2, 0.25) is 0 Å². The number of sulfone groups is 1. The van der Waals surface area contributed by atoms with Crippen molar-refractivity contribution >= 4 is 9.84 Å². The van der Waals surface area contributed by atoms with Crippen molar-refractivity contribution < 1.29 is 47.1 Å². The zero-order chi connectivity index (χ0) is 43.1. The van der Waals surface area contributed by atoms with E-state index in [-0.39, 0.29) is 95.4 Å². The maximum atomic E-state index is 15.8. The molecule has 0 radical (unpaired) electrons. The summed E-state index contributed by atoms with van der Waals surface area (Å²) in [6, 6.07) is 2.67. The van der Waals surface area contributed by atoms with E-state index in [2.05, 4.69) is 41.5 Å². The Morgan fingerprint density at radius 3 is 0.847 bits per heavy atom. The van der Waals surface area contributed by atoms with Crippen LogP contribution in [0.5, 0.6) is 46.0 Å². The van der Waals surface area contributed by atoms with E-state index in [0.29, 0.717) is 25.7 Å². The Bertz CT molecular complexity index is 1400. The molecule has 59 heavy (non-hydrogen) atoms. The Balaban J connectivity index is 2.98. The van der Waals surface area contributed by atoms with E-state index in [9.17, 15) is 10.2 Å². The summed E-state index contributed by atoms with van der Waals surface area (Å²) in [6.45, 7) is 14.2. The number of aromatic hydroxyl groups is 2. The highest BCUT2D eigenvalue weighted by atomic mass is 32.2. The van der Waals surface area contributed by atoms with Crippen LogP contribution < -0.4 is 28.4 Å². The molecule has 0 saturated carbocycles. The minimum Gasteiger partial charge on any atom is -0.504 e. The van der Waals surface area contributed by atoms with E-state index in [0.717, 1.165) is 128 Å². The molecule has 0 amide bonds. The number of unbranched alkanes of at least 4 members (excludes halogenated alkanes) is 18. The van der Waals surface area contributed by atoms with Gasteiger partial charge in [0.05, 0.1) is 39.6 Å². The lowest BCUT2D eigenvalue weighted by Crippen LogP contribution is -2.16. The van der Waals surface area contributed by atoms with Crippen LogP contribution in [0.3, 0.4) is 0 Å². The summed E-state index contributed by atoms with van der Waals surface area (Å²) >= 11 is 0. The van der Waals surface area contributed by atoms with Crippen molar-refractivity contribution in [2.24, 2.45) is 0 Å². The molecule has 0 bridgehead atoms. The molecule has 0 heterocycles. The van der Waals surface area contributed by atoms with Gasteiger partial charge >= 0.3 is 0 Å². The summed E-state index contributed by atoms with van der Waals surface area (Å²) in [5, 5.41) is 23.1. The lowest BCUT2D eigenvalue weighted by Gasteiger charge is -2.24. The molecule has 11 heteroatoms. The number of rotatable bonds is 38. The standard InChI is InChI=1S/C48H82O10S/c1-7-13-19-25-31-53-41-37-39(49)43(55-33-27-21-15-9-3)45(57-35-29-23-17-11-5)47(41)59(51,52)48-42(54-32-26-20-14-8-2)38-40(50)44(56-34-28-22-16-10-4)46(48)58-36-30-24-18-12-6/h37-38,49-50H,7-36H2,1-6H3. The van der Waals surface area contributed by atoms with Crippen molar-refractivity contribution in [2.45, 2.75) is 205 Å². The zero-order valence-electron chi connectivity index (χ0n) is 37.9. The van der Waals surface area contributed by atoms with E-state index in [1.807, 2.05) is 0 Å². The Morgan fingerprint density at radius 1 is 0.356 bits per heavy atom. The van der Waals surface area contributed by atoms with Gasteiger partial charge in [-0.05, 0) is 38.5 Å². The van der Waals surface area contributed by atoms with Crippen molar-refractivity contribution in [2.75, 3.05) is 39.6 Å². The highest BCUT2D eigenvalue weighted by Gasteiger charge is 2.39. The van der Waals surface area contributed by atoms with Crippen LogP contribution in [0.15, 0.2) is 21.9 Å². The minimum absolute atomic E-state index is 0.0378. The van der Waals surface area contributed by atoms with Crippen LogP contribution in [-0.2, 0) is 9.84 Å². The fourth-order valence-corrected chi connectivity index (χ4v) is 8.53. The molecule has 340 valence electrons. The number of benzene rings is 2. The number of phenolic OH excluding ortho intramolecular Hbond substituents is 2. The first kappa shape index (κ1) is 51.9. The summed E-state index contributed by atoms with van der Waals surface area (Å²) in [6.07, 6.45) is 22.0. The van der Waals surface area contributed by atoms with Crippen LogP contribution in [-0.4, -0.2) is 58.3 Å². The number of hydrogen-bond donors (Lipinski definition) is 2. The molecule has 2 N–H and O–H groups in total. The molecule has 2 rings (SSSR count). The van der Waals surface area contributed by atoms with Crippen LogP contribution in [0.25, 0.3) is 0 Å².